The molecular formula is C22H29FN6O2. The van der Waals surface area contributed by atoms with Crippen molar-refractivity contribution < 1.29 is 14.0 Å². The highest BCUT2D eigenvalue weighted by atomic mass is 19.1. The molecule has 2 heterocycles. The van der Waals surface area contributed by atoms with E-state index in [1.54, 1.807) is 23.1 Å². The predicted octanol–water partition coefficient (Wildman–Crippen LogP) is 1.39. The van der Waals surface area contributed by atoms with E-state index in [9.17, 15) is 14.0 Å². The van der Waals surface area contributed by atoms with Crippen molar-refractivity contribution in [3.8, 4) is 6.19 Å². The Balaban J connectivity index is 1.61. The van der Waals surface area contributed by atoms with Crippen LogP contribution < -0.4 is 10.6 Å². The van der Waals surface area contributed by atoms with Crippen LogP contribution in [0.5, 0.6) is 0 Å². The summed E-state index contributed by atoms with van der Waals surface area (Å²) in [6.07, 6.45) is 6.46. The SMILES string of the molecule is N#CNC(=NCCc1ccccc1F)N[C@H]1CCCCN(CC(=O)N2CCCC2)C1=O. The first kappa shape index (κ1) is 22.5. The van der Waals surface area contributed by atoms with Gasteiger partial charge in [-0.05, 0) is 50.2 Å². The van der Waals surface area contributed by atoms with Crippen LogP contribution in [0.2, 0.25) is 0 Å². The second-order valence-electron chi connectivity index (χ2n) is 7.85. The Morgan fingerprint density at radius 2 is 1.94 bits per heavy atom. The minimum atomic E-state index is -0.568. The third kappa shape index (κ3) is 6.41. The lowest BCUT2D eigenvalue weighted by molar-refractivity contribution is -0.140. The number of hydrogen-bond acceptors (Lipinski definition) is 4. The van der Waals surface area contributed by atoms with Crippen molar-refractivity contribution in [1.82, 2.24) is 20.4 Å². The quantitative estimate of drug-likeness (QED) is 0.309. The number of halogens is 1. The number of nitrogens with one attached hydrogen (secondary N) is 2. The number of rotatable bonds is 6. The smallest absolute Gasteiger partial charge is 0.245 e. The van der Waals surface area contributed by atoms with Crippen LogP contribution in [0.4, 0.5) is 4.39 Å². The van der Waals surface area contributed by atoms with Gasteiger partial charge in [-0.3, -0.25) is 19.9 Å². The lowest BCUT2D eigenvalue weighted by atomic mass is 10.1. The van der Waals surface area contributed by atoms with Gasteiger partial charge in [0.2, 0.25) is 17.8 Å². The van der Waals surface area contributed by atoms with Crippen molar-refractivity contribution in [3.63, 3.8) is 0 Å². The average molecular weight is 429 g/mol. The number of hydrogen-bond donors (Lipinski definition) is 2. The zero-order valence-corrected chi connectivity index (χ0v) is 17.6. The fraction of sp³-hybridized carbons (Fsp3) is 0.545. The van der Waals surface area contributed by atoms with Gasteiger partial charge in [0, 0.05) is 26.2 Å². The van der Waals surface area contributed by atoms with Crippen LogP contribution in [0.3, 0.4) is 0 Å². The van der Waals surface area contributed by atoms with Gasteiger partial charge in [-0.1, -0.05) is 18.2 Å². The molecular weight excluding hydrogens is 399 g/mol. The van der Waals surface area contributed by atoms with Gasteiger partial charge in [0.25, 0.3) is 0 Å². The van der Waals surface area contributed by atoms with Crippen LogP contribution in [0.25, 0.3) is 0 Å². The Morgan fingerprint density at radius 1 is 1.19 bits per heavy atom. The van der Waals surface area contributed by atoms with E-state index in [0.717, 1.165) is 38.8 Å². The van der Waals surface area contributed by atoms with E-state index in [4.69, 9.17) is 5.26 Å². The highest BCUT2D eigenvalue weighted by Crippen LogP contribution is 2.14. The summed E-state index contributed by atoms with van der Waals surface area (Å²) in [6.45, 7) is 2.40. The van der Waals surface area contributed by atoms with Crippen molar-refractivity contribution >= 4 is 17.8 Å². The number of aliphatic imine (C=N–C) groups is 1. The monoisotopic (exact) mass is 428 g/mol. The molecule has 2 aliphatic rings. The first-order valence-electron chi connectivity index (χ1n) is 10.8. The molecule has 2 saturated heterocycles. The molecule has 1 aromatic carbocycles. The van der Waals surface area contributed by atoms with Crippen LogP contribution in [0, 0.1) is 17.3 Å². The fourth-order valence-electron chi connectivity index (χ4n) is 3.95. The molecule has 2 N–H and O–H groups in total. The molecule has 0 aromatic heterocycles. The molecule has 0 radical (unpaired) electrons. The second-order valence-corrected chi connectivity index (χ2v) is 7.85. The molecule has 8 nitrogen and oxygen atoms in total. The Kier molecular flexibility index (Phi) is 8.21. The van der Waals surface area contributed by atoms with Crippen LogP contribution in [-0.4, -0.2) is 66.3 Å². The predicted molar refractivity (Wildman–Crippen MR) is 114 cm³/mol. The van der Waals surface area contributed by atoms with E-state index in [-0.39, 0.29) is 36.7 Å². The summed E-state index contributed by atoms with van der Waals surface area (Å²) in [4.78, 5) is 33.3. The third-order valence-corrected chi connectivity index (χ3v) is 5.66. The standard InChI is InChI=1S/C22H29FN6O2/c23-18-8-2-1-7-17(18)10-11-25-22(26-16-24)27-19-9-3-4-14-29(21(19)31)15-20(30)28-12-5-6-13-28/h1-2,7-8,19H,3-6,9-15H2,(H2,25,26,27)/t19-/m0/s1. The van der Waals surface area contributed by atoms with E-state index in [0.29, 0.717) is 24.9 Å². The highest BCUT2D eigenvalue weighted by molar-refractivity contribution is 5.92. The molecule has 1 aromatic rings. The van der Waals surface area contributed by atoms with E-state index < -0.39 is 6.04 Å². The molecule has 0 aliphatic carbocycles. The molecule has 2 fully saturated rings. The van der Waals surface area contributed by atoms with Crippen molar-refractivity contribution in [3.05, 3.63) is 35.6 Å². The van der Waals surface area contributed by atoms with Gasteiger partial charge in [-0.25, -0.2) is 4.39 Å². The maximum absolute atomic E-state index is 13.8. The van der Waals surface area contributed by atoms with Crippen molar-refractivity contribution in [2.75, 3.05) is 32.7 Å². The van der Waals surface area contributed by atoms with Gasteiger partial charge in [0.15, 0.2) is 6.19 Å². The largest absolute Gasteiger partial charge is 0.344 e. The third-order valence-electron chi connectivity index (χ3n) is 5.66. The van der Waals surface area contributed by atoms with E-state index in [1.165, 1.54) is 6.07 Å². The molecule has 3 rings (SSSR count). The van der Waals surface area contributed by atoms with Crippen molar-refractivity contribution in [2.24, 2.45) is 4.99 Å². The summed E-state index contributed by atoms with van der Waals surface area (Å²) in [7, 11) is 0. The summed E-state index contributed by atoms with van der Waals surface area (Å²) in [5.41, 5.74) is 0.541. The number of carbonyl (C=O) groups is 2. The van der Waals surface area contributed by atoms with Gasteiger partial charge in [0.05, 0.1) is 6.54 Å². The number of carbonyl (C=O) groups excluding carboxylic acids is 2. The number of nitriles is 1. The summed E-state index contributed by atoms with van der Waals surface area (Å²) in [5.74, 6) is -0.283. The number of amides is 2. The van der Waals surface area contributed by atoms with E-state index in [1.807, 2.05) is 11.1 Å². The zero-order valence-electron chi connectivity index (χ0n) is 17.6. The molecule has 0 unspecified atom stereocenters. The molecule has 2 amide bonds. The first-order chi connectivity index (χ1) is 15.1. The number of likely N-dealkylation sites (tertiary alicyclic amines) is 2. The van der Waals surface area contributed by atoms with Crippen LogP contribution in [0.15, 0.2) is 29.3 Å². The van der Waals surface area contributed by atoms with Gasteiger partial charge in [-0.2, -0.15) is 5.26 Å². The Hall–Kier alpha value is -3.15. The fourth-order valence-corrected chi connectivity index (χ4v) is 3.95. The maximum Gasteiger partial charge on any atom is 0.245 e. The number of benzene rings is 1. The molecule has 166 valence electrons. The van der Waals surface area contributed by atoms with Crippen molar-refractivity contribution in [1.29, 1.82) is 5.26 Å². The molecule has 2 aliphatic heterocycles. The Labute approximate surface area is 182 Å². The molecule has 9 heteroatoms. The zero-order chi connectivity index (χ0) is 22.1. The molecule has 0 saturated carbocycles. The maximum atomic E-state index is 13.8. The number of nitrogens with zero attached hydrogens (tertiary/aromatic N) is 4. The molecule has 0 bridgehead atoms. The molecule has 31 heavy (non-hydrogen) atoms. The van der Waals surface area contributed by atoms with Crippen LogP contribution in [0.1, 0.15) is 37.7 Å². The average Bonchev–Trinajstić information content (AvgIpc) is 3.25. The normalized spacial score (nSPS) is 19.7. The molecule has 0 spiro atoms. The first-order valence-corrected chi connectivity index (χ1v) is 10.8. The topological polar surface area (TPSA) is 101 Å². The van der Waals surface area contributed by atoms with Gasteiger partial charge < -0.3 is 15.1 Å². The van der Waals surface area contributed by atoms with Crippen LogP contribution >= 0.6 is 0 Å². The van der Waals surface area contributed by atoms with E-state index >= 15 is 0 Å². The second kappa shape index (κ2) is 11.3. The Morgan fingerprint density at radius 3 is 2.68 bits per heavy atom. The minimum absolute atomic E-state index is 0.0135. The van der Waals surface area contributed by atoms with Crippen molar-refractivity contribution in [2.45, 2.75) is 44.6 Å². The molecule has 1 atom stereocenters. The van der Waals surface area contributed by atoms with Gasteiger partial charge >= 0.3 is 0 Å². The van der Waals surface area contributed by atoms with Gasteiger partial charge in [-0.15, -0.1) is 0 Å². The van der Waals surface area contributed by atoms with E-state index in [2.05, 4.69) is 15.6 Å². The lowest BCUT2D eigenvalue weighted by Crippen LogP contribution is -2.52. The lowest BCUT2D eigenvalue weighted by Gasteiger charge is -2.27. The summed E-state index contributed by atoms with van der Waals surface area (Å²) in [6, 6.07) is 5.91. The van der Waals surface area contributed by atoms with Crippen LogP contribution in [-0.2, 0) is 16.0 Å². The summed E-state index contributed by atoms with van der Waals surface area (Å²) >= 11 is 0. The Bertz CT molecular complexity index is 847. The van der Waals surface area contributed by atoms with Gasteiger partial charge in [0.1, 0.15) is 11.9 Å². The summed E-state index contributed by atoms with van der Waals surface area (Å²) in [5, 5.41) is 14.6. The number of guanidine groups is 1. The highest BCUT2D eigenvalue weighted by Gasteiger charge is 2.30. The minimum Gasteiger partial charge on any atom is -0.344 e. The summed E-state index contributed by atoms with van der Waals surface area (Å²) < 4.78 is 13.8.